The van der Waals surface area contributed by atoms with E-state index in [2.05, 4.69) is 10.3 Å². The maximum absolute atomic E-state index is 5.96. The van der Waals surface area contributed by atoms with Gasteiger partial charge in [-0.2, -0.15) is 0 Å². The van der Waals surface area contributed by atoms with E-state index in [1.165, 1.54) is 0 Å². The van der Waals surface area contributed by atoms with Gasteiger partial charge in [-0.3, -0.25) is 0 Å². The Morgan fingerprint density at radius 2 is 2.44 bits per heavy atom. The zero-order valence-corrected chi connectivity index (χ0v) is 10.2. The first kappa shape index (κ1) is 13.2. The minimum Gasteiger partial charge on any atom is -0.383 e. The highest BCUT2D eigenvalue weighted by Crippen LogP contribution is 2.19. The average molecular weight is 244 g/mol. The summed E-state index contributed by atoms with van der Waals surface area (Å²) in [6.45, 7) is 1.31. The van der Waals surface area contributed by atoms with Crippen LogP contribution in [0.15, 0.2) is 18.3 Å². The summed E-state index contributed by atoms with van der Waals surface area (Å²) >= 11 is 5.96. The molecule has 0 saturated carbocycles. The second-order valence-corrected chi connectivity index (χ2v) is 3.93. The van der Waals surface area contributed by atoms with Gasteiger partial charge in [-0.25, -0.2) is 4.98 Å². The number of ether oxygens (including phenoxy) is 1. The molecule has 0 radical (unpaired) electrons. The average Bonchev–Trinajstić information content (AvgIpc) is 2.29. The Hall–Kier alpha value is -0.840. The van der Waals surface area contributed by atoms with E-state index >= 15 is 0 Å². The van der Waals surface area contributed by atoms with Crippen LogP contribution in [0.3, 0.4) is 0 Å². The zero-order chi connectivity index (χ0) is 11.8. The lowest BCUT2D eigenvalue weighted by Crippen LogP contribution is -2.26. The third-order valence-corrected chi connectivity index (χ3v) is 2.54. The number of halogens is 1. The molecule has 0 aliphatic heterocycles. The SMILES string of the molecule is COCC(CCCN)Nc1cccnc1Cl. The van der Waals surface area contributed by atoms with Crippen LogP contribution < -0.4 is 11.1 Å². The summed E-state index contributed by atoms with van der Waals surface area (Å²) in [5.41, 5.74) is 6.33. The molecule has 1 atom stereocenters. The lowest BCUT2D eigenvalue weighted by molar-refractivity contribution is 0.182. The van der Waals surface area contributed by atoms with Crippen molar-refractivity contribution in [2.75, 3.05) is 25.6 Å². The van der Waals surface area contributed by atoms with Crippen molar-refractivity contribution in [1.82, 2.24) is 4.98 Å². The van der Waals surface area contributed by atoms with Crippen LogP contribution in [0.1, 0.15) is 12.8 Å². The molecule has 1 unspecified atom stereocenters. The Morgan fingerprint density at radius 1 is 1.62 bits per heavy atom. The minimum atomic E-state index is 0.218. The number of nitrogens with zero attached hydrogens (tertiary/aromatic N) is 1. The van der Waals surface area contributed by atoms with Crippen LogP contribution in [-0.2, 0) is 4.74 Å². The van der Waals surface area contributed by atoms with Gasteiger partial charge in [0.05, 0.1) is 12.3 Å². The summed E-state index contributed by atoms with van der Waals surface area (Å²) in [5, 5.41) is 3.79. The third kappa shape index (κ3) is 4.35. The molecule has 0 amide bonds. The van der Waals surface area contributed by atoms with Gasteiger partial charge in [-0.05, 0) is 31.5 Å². The fraction of sp³-hybridized carbons (Fsp3) is 0.545. The van der Waals surface area contributed by atoms with Crippen LogP contribution in [0.2, 0.25) is 5.15 Å². The summed E-state index contributed by atoms with van der Waals surface area (Å²) in [6, 6.07) is 3.97. The molecular formula is C11H18ClN3O. The first-order valence-corrected chi connectivity index (χ1v) is 5.71. The molecule has 0 bridgehead atoms. The van der Waals surface area contributed by atoms with E-state index < -0.39 is 0 Å². The topological polar surface area (TPSA) is 60.2 Å². The number of methoxy groups -OCH3 is 1. The van der Waals surface area contributed by atoms with Crippen molar-refractivity contribution in [2.24, 2.45) is 5.73 Å². The van der Waals surface area contributed by atoms with Gasteiger partial charge in [0.2, 0.25) is 0 Å². The number of anilines is 1. The molecule has 5 heteroatoms. The Balaban J connectivity index is 2.56. The molecular weight excluding hydrogens is 226 g/mol. The Labute approximate surface area is 101 Å². The first-order valence-electron chi connectivity index (χ1n) is 5.34. The van der Waals surface area contributed by atoms with Crippen LogP contribution in [-0.4, -0.2) is 31.3 Å². The lowest BCUT2D eigenvalue weighted by atomic mass is 10.1. The number of nitrogens with one attached hydrogen (secondary N) is 1. The van der Waals surface area contributed by atoms with Crippen LogP contribution in [0.25, 0.3) is 0 Å². The molecule has 0 fully saturated rings. The molecule has 1 aromatic rings. The van der Waals surface area contributed by atoms with Gasteiger partial charge in [0.15, 0.2) is 5.15 Å². The molecule has 3 N–H and O–H groups in total. The van der Waals surface area contributed by atoms with Crippen molar-refractivity contribution in [2.45, 2.75) is 18.9 Å². The second kappa shape index (κ2) is 7.44. The molecule has 90 valence electrons. The van der Waals surface area contributed by atoms with Crippen molar-refractivity contribution in [3.8, 4) is 0 Å². The summed E-state index contributed by atoms with van der Waals surface area (Å²) in [7, 11) is 1.68. The van der Waals surface area contributed by atoms with E-state index in [-0.39, 0.29) is 6.04 Å². The van der Waals surface area contributed by atoms with E-state index in [4.69, 9.17) is 22.1 Å². The predicted octanol–water partition coefficient (Wildman–Crippen LogP) is 1.90. The molecule has 0 aliphatic carbocycles. The summed E-state index contributed by atoms with van der Waals surface area (Å²) in [5.74, 6) is 0. The first-order chi connectivity index (χ1) is 7.77. The van der Waals surface area contributed by atoms with Crippen molar-refractivity contribution in [3.63, 3.8) is 0 Å². The quantitative estimate of drug-likeness (QED) is 0.719. The van der Waals surface area contributed by atoms with Gasteiger partial charge in [0, 0.05) is 19.3 Å². The maximum atomic E-state index is 5.96. The maximum Gasteiger partial charge on any atom is 0.152 e. The molecule has 0 aromatic carbocycles. The summed E-state index contributed by atoms with van der Waals surface area (Å²) in [6.07, 6.45) is 3.58. The van der Waals surface area contributed by atoms with Gasteiger partial charge in [-0.15, -0.1) is 0 Å². The number of hydrogen-bond donors (Lipinski definition) is 2. The highest BCUT2D eigenvalue weighted by molar-refractivity contribution is 6.31. The molecule has 0 aliphatic rings. The number of aromatic nitrogens is 1. The predicted molar refractivity (Wildman–Crippen MR) is 66.8 cm³/mol. The van der Waals surface area contributed by atoms with E-state index in [1.807, 2.05) is 12.1 Å². The molecule has 4 nitrogen and oxygen atoms in total. The Morgan fingerprint density at radius 3 is 3.06 bits per heavy atom. The van der Waals surface area contributed by atoms with Crippen molar-refractivity contribution >= 4 is 17.3 Å². The van der Waals surface area contributed by atoms with Gasteiger partial charge < -0.3 is 15.8 Å². The second-order valence-electron chi connectivity index (χ2n) is 3.57. The van der Waals surface area contributed by atoms with Crippen LogP contribution in [0, 0.1) is 0 Å². The monoisotopic (exact) mass is 243 g/mol. The number of nitrogens with two attached hydrogens (primary N) is 1. The lowest BCUT2D eigenvalue weighted by Gasteiger charge is -2.19. The van der Waals surface area contributed by atoms with Crippen LogP contribution in [0.4, 0.5) is 5.69 Å². The molecule has 1 aromatic heterocycles. The largest absolute Gasteiger partial charge is 0.383 e. The fourth-order valence-corrected chi connectivity index (χ4v) is 1.65. The van der Waals surface area contributed by atoms with Gasteiger partial charge in [0.25, 0.3) is 0 Å². The van der Waals surface area contributed by atoms with Crippen LogP contribution >= 0.6 is 11.6 Å². The highest BCUT2D eigenvalue weighted by atomic mass is 35.5. The van der Waals surface area contributed by atoms with Gasteiger partial charge in [0.1, 0.15) is 0 Å². The number of pyridine rings is 1. The van der Waals surface area contributed by atoms with Crippen LogP contribution in [0.5, 0.6) is 0 Å². The van der Waals surface area contributed by atoms with Crippen molar-refractivity contribution < 1.29 is 4.74 Å². The molecule has 0 saturated heterocycles. The molecule has 1 rings (SSSR count). The highest BCUT2D eigenvalue weighted by Gasteiger charge is 2.09. The van der Waals surface area contributed by atoms with E-state index in [0.29, 0.717) is 18.3 Å². The third-order valence-electron chi connectivity index (χ3n) is 2.24. The Bertz CT molecular complexity index is 309. The van der Waals surface area contributed by atoms with Crippen molar-refractivity contribution in [1.29, 1.82) is 0 Å². The molecule has 1 heterocycles. The Kier molecular flexibility index (Phi) is 6.15. The van der Waals surface area contributed by atoms with Gasteiger partial charge in [-0.1, -0.05) is 11.6 Å². The van der Waals surface area contributed by atoms with E-state index in [9.17, 15) is 0 Å². The summed E-state index contributed by atoms with van der Waals surface area (Å²) < 4.78 is 5.15. The molecule has 0 spiro atoms. The minimum absolute atomic E-state index is 0.218. The van der Waals surface area contributed by atoms with E-state index in [0.717, 1.165) is 18.5 Å². The fourth-order valence-electron chi connectivity index (χ4n) is 1.48. The number of hydrogen-bond acceptors (Lipinski definition) is 4. The molecule has 16 heavy (non-hydrogen) atoms. The number of rotatable bonds is 7. The normalized spacial score (nSPS) is 12.4. The summed E-state index contributed by atoms with van der Waals surface area (Å²) in [4.78, 5) is 4.01. The smallest absolute Gasteiger partial charge is 0.152 e. The zero-order valence-electron chi connectivity index (χ0n) is 9.45. The van der Waals surface area contributed by atoms with Gasteiger partial charge >= 0.3 is 0 Å². The van der Waals surface area contributed by atoms with E-state index in [1.54, 1.807) is 13.3 Å². The standard InChI is InChI=1S/C11H18ClN3O/c1-16-8-9(4-2-6-13)15-10-5-3-7-14-11(10)12/h3,5,7,9,15H,2,4,6,8,13H2,1H3. The van der Waals surface area contributed by atoms with Crippen molar-refractivity contribution in [3.05, 3.63) is 23.5 Å².